The summed E-state index contributed by atoms with van der Waals surface area (Å²) in [4.78, 5) is 15.0. The van der Waals surface area contributed by atoms with Gasteiger partial charge in [-0.2, -0.15) is 0 Å². The molecule has 0 spiro atoms. The van der Waals surface area contributed by atoms with Crippen molar-refractivity contribution in [3.05, 3.63) is 0 Å². The number of aliphatic hydroxyl groups excluding tert-OH is 1. The van der Waals surface area contributed by atoms with Crippen LogP contribution in [0.4, 0.5) is 4.79 Å². The number of hydrogen-bond acceptors (Lipinski definition) is 3. The zero-order chi connectivity index (χ0) is 16.1. The van der Waals surface area contributed by atoms with Crippen LogP contribution >= 0.6 is 0 Å². The Kier molecular flexibility index (Phi) is 6.17. The van der Waals surface area contributed by atoms with Crippen LogP contribution in [-0.2, 0) is 0 Å². The summed E-state index contributed by atoms with van der Waals surface area (Å²) in [6.07, 6.45) is 11.8. The number of piperidine rings is 1. The molecule has 5 nitrogen and oxygen atoms in total. The van der Waals surface area contributed by atoms with Crippen molar-refractivity contribution >= 4 is 6.03 Å². The van der Waals surface area contributed by atoms with Gasteiger partial charge in [-0.15, -0.1) is 0 Å². The summed E-state index contributed by atoms with van der Waals surface area (Å²) < 4.78 is 0. The summed E-state index contributed by atoms with van der Waals surface area (Å²) in [6.45, 7) is 2.47. The molecule has 0 aromatic heterocycles. The van der Waals surface area contributed by atoms with Crippen LogP contribution in [0.5, 0.6) is 0 Å². The molecule has 3 atom stereocenters. The molecule has 132 valence electrons. The van der Waals surface area contributed by atoms with E-state index in [9.17, 15) is 9.90 Å². The Balaban J connectivity index is 1.50. The molecule has 1 saturated carbocycles. The molecule has 0 aromatic rings. The Hall–Kier alpha value is -0.810. The molecule has 2 aliphatic heterocycles. The van der Waals surface area contributed by atoms with E-state index < -0.39 is 0 Å². The highest BCUT2D eigenvalue weighted by Gasteiger charge is 2.36. The van der Waals surface area contributed by atoms with Crippen molar-refractivity contribution in [2.75, 3.05) is 19.7 Å². The SMILES string of the molecule is O=C(NC(CCO)C1CCCCC1)NC1CCN2CCCCC12. The van der Waals surface area contributed by atoms with Gasteiger partial charge >= 0.3 is 6.03 Å². The number of carbonyl (C=O) groups excluding carboxylic acids is 1. The van der Waals surface area contributed by atoms with Gasteiger partial charge in [0, 0.05) is 31.3 Å². The number of amides is 2. The lowest BCUT2D eigenvalue weighted by Crippen LogP contribution is -2.53. The number of aliphatic hydroxyl groups is 1. The van der Waals surface area contributed by atoms with Crippen LogP contribution in [0.2, 0.25) is 0 Å². The summed E-state index contributed by atoms with van der Waals surface area (Å²) in [6, 6.07) is 0.951. The molecule has 0 aromatic carbocycles. The summed E-state index contributed by atoms with van der Waals surface area (Å²) in [5, 5.41) is 15.8. The standard InChI is InChI=1S/C18H33N3O2/c22-13-10-15(14-6-2-1-3-7-14)19-18(23)20-16-9-12-21-11-5-4-8-17(16)21/h14-17,22H,1-13H2,(H2,19,20,23). The molecule has 23 heavy (non-hydrogen) atoms. The average molecular weight is 323 g/mol. The van der Waals surface area contributed by atoms with Crippen LogP contribution in [0.1, 0.15) is 64.2 Å². The minimum atomic E-state index is -0.0218. The van der Waals surface area contributed by atoms with Gasteiger partial charge in [-0.3, -0.25) is 4.90 Å². The van der Waals surface area contributed by atoms with Crippen LogP contribution in [0, 0.1) is 5.92 Å². The summed E-state index contributed by atoms with van der Waals surface area (Å²) in [5.41, 5.74) is 0. The van der Waals surface area contributed by atoms with E-state index in [1.165, 1.54) is 57.9 Å². The van der Waals surface area contributed by atoms with E-state index in [1.54, 1.807) is 0 Å². The second-order valence-electron chi connectivity index (χ2n) is 7.63. The average Bonchev–Trinajstić information content (AvgIpc) is 2.98. The van der Waals surface area contributed by atoms with Crippen molar-refractivity contribution < 1.29 is 9.90 Å². The number of nitrogens with zero attached hydrogens (tertiary/aromatic N) is 1. The monoisotopic (exact) mass is 323 g/mol. The molecule has 2 saturated heterocycles. The van der Waals surface area contributed by atoms with Crippen LogP contribution in [0.15, 0.2) is 0 Å². The number of rotatable bonds is 5. The van der Waals surface area contributed by atoms with Crippen LogP contribution in [-0.4, -0.2) is 53.9 Å². The lowest BCUT2D eigenvalue weighted by Gasteiger charge is -2.34. The van der Waals surface area contributed by atoms with Crippen molar-refractivity contribution in [1.82, 2.24) is 15.5 Å². The normalized spacial score (nSPS) is 30.7. The van der Waals surface area contributed by atoms with Crippen LogP contribution in [0.3, 0.4) is 0 Å². The number of hydrogen-bond donors (Lipinski definition) is 3. The van der Waals surface area contributed by atoms with E-state index in [1.807, 2.05) is 0 Å². The second kappa shape index (κ2) is 8.34. The zero-order valence-corrected chi connectivity index (χ0v) is 14.3. The first kappa shape index (κ1) is 17.0. The summed E-state index contributed by atoms with van der Waals surface area (Å²) in [5.74, 6) is 0.538. The third kappa shape index (κ3) is 4.38. The van der Waals surface area contributed by atoms with Crippen molar-refractivity contribution in [3.8, 4) is 0 Å². The smallest absolute Gasteiger partial charge is 0.315 e. The van der Waals surface area contributed by atoms with Crippen LogP contribution < -0.4 is 10.6 Å². The molecule has 2 amide bonds. The zero-order valence-electron chi connectivity index (χ0n) is 14.3. The Labute approximate surface area is 140 Å². The highest BCUT2D eigenvalue weighted by molar-refractivity contribution is 5.74. The molecular weight excluding hydrogens is 290 g/mol. The van der Waals surface area contributed by atoms with Gasteiger partial charge in [0.2, 0.25) is 0 Å². The van der Waals surface area contributed by atoms with Gasteiger partial charge < -0.3 is 15.7 Å². The molecule has 5 heteroatoms. The lowest BCUT2D eigenvalue weighted by molar-refractivity contribution is 0.173. The molecule has 3 aliphatic rings. The fourth-order valence-corrected chi connectivity index (χ4v) is 4.90. The predicted molar refractivity (Wildman–Crippen MR) is 91.4 cm³/mol. The van der Waals surface area contributed by atoms with E-state index in [0.717, 1.165) is 13.0 Å². The molecule has 0 radical (unpaired) electrons. The summed E-state index contributed by atoms with van der Waals surface area (Å²) in [7, 11) is 0. The molecule has 2 heterocycles. The Morgan fingerprint density at radius 1 is 1.04 bits per heavy atom. The van der Waals surface area contributed by atoms with Crippen molar-refractivity contribution in [2.24, 2.45) is 5.92 Å². The van der Waals surface area contributed by atoms with E-state index >= 15 is 0 Å². The number of carbonyl (C=O) groups is 1. The lowest BCUT2D eigenvalue weighted by atomic mass is 9.83. The number of fused-ring (bicyclic) bond motifs is 1. The fourth-order valence-electron chi connectivity index (χ4n) is 4.90. The maximum Gasteiger partial charge on any atom is 0.315 e. The fraction of sp³-hybridized carbons (Fsp3) is 0.944. The molecule has 3 fully saturated rings. The van der Waals surface area contributed by atoms with Crippen molar-refractivity contribution in [1.29, 1.82) is 0 Å². The topological polar surface area (TPSA) is 64.6 Å². The Morgan fingerprint density at radius 2 is 1.83 bits per heavy atom. The predicted octanol–water partition coefficient (Wildman–Crippen LogP) is 2.24. The number of nitrogens with one attached hydrogen (secondary N) is 2. The van der Waals surface area contributed by atoms with Gasteiger partial charge in [0.1, 0.15) is 0 Å². The molecule has 3 N–H and O–H groups in total. The first-order chi connectivity index (χ1) is 11.3. The van der Waals surface area contributed by atoms with Crippen molar-refractivity contribution in [2.45, 2.75) is 82.3 Å². The Morgan fingerprint density at radius 3 is 2.61 bits per heavy atom. The van der Waals surface area contributed by atoms with Gasteiger partial charge in [0.25, 0.3) is 0 Å². The van der Waals surface area contributed by atoms with Gasteiger partial charge in [0.05, 0.1) is 0 Å². The quantitative estimate of drug-likeness (QED) is 0.727. The summed E-state index contributed by atoms with van der Waals surface area (Å²) >= 11 is 0. The third-order valence-corrected chi connectivity index (χ3v) is 6.15. The van der Waals surface area contributed by atoms with Gasteiger partial charge in [-0.05, 0) is 51.0 Å². The van der Waals surface area contributed by atoms with E-state index in [0.29, 0.717) is 24.4 Å². The van der Waals surface area contributed by atoms with E-state index in [2.05, 4.69) is 15.5 Å². The first-order valence-electron chi connectivity index (χ1n) is 9.70. The minimum absolute atomic E-state index is 0.0218. The van der Waals surface area contributed by atoms with E-state index in [4.69, 9.17) is 0 Å². The maximum atomic E-state index is 12.5. The van der Waals surface area contributed by atoms with Gasteiger partial charge in [0.15, 0.2) is 0 Å². The van der Waals surface area contributed by atoms with Gasteiger partial charge in [-0.25, -0.2) is 4.79 Å². The Bertz CT molecular complexity index is 384. The second-order valence-corrected chi connectivity index (χ2v) is 7.63. The maximum absolute atomic E-state index is 12.5. The first-order valence-corrected chi connectivity index (χ1v) is 9.70. The molecule has 3 unspecified atom stereocenters. The highest BCUT2D eigenvalue weighted by atomic mass is 16.3. The van der Waals surface area contributed by atoms with Crippen molar-refractivity contribution in [3.63, 3.8) is 0 Å². The minimum Gasteiger partial charge on any atom is -0.396 e. The largest absolute Gasteiger partial charge is 0.396 e. The number of urea groups is 1. The molecular formula is C18H33N3O2. The van der Waals surface area contributed by atoms with E-state index in [-0.39, 0.29) is 18.7 Å². The molecule has 3 rings (SSSR count). The van der Waals surface area contributed by atoms with Crippen LogP contribution in [0.25, 0.3) is 0 Å². The third-order valence-electron chi connectivity index (χ3n) is 6.15. The van der Waals surface area contributed by atoms with Gasteiger partial charge in [-0.1, -0.05) is 25.7 Å². The highest BCUT2D eigenvalue weighted by Crippen LogP contribution is 2.29. The molecule has 1 aliphatic carbocycles. The molecule has 0 bridgehead atoms.